The van der Waals surface area contributed by atoms with Gasteiger partial charge in [-0.2, -0.15) is 5.10 Å². The minimum absolute atomic E-state index is 0.0777. The predicted octanol–water partition coefficient (Wildman–Crippen LogP) is 1.59. The number of aryl methyl sites for hydroxylation is 2. The van der Waals surface area contributed by atoms with Crippen LogP contribution in [0.4, 0.5) is 0 Å². The van der Waals surface area contributed by atoms with E-state index in [-0.39, 0.29) is 6.04 Å². The Hall–Kier alpha value is -0.790. The van der Waals surface area contributed by atoms with Crippen molar-refractivity contribution in [2.24, 2.45) is 12.8 Å². The first kappa shape index (κ1) is 11.7. The number of hydrogen-bond donors (Lipinski definition) is 1. The number of nitrogens with zero attached hydrogens (tertiary/aromatic N) is 4. The fourth-order valence-corrected chi connectivity index (χ4v) is 2.55. The molecular weight excluding hydrogens is 290 g/mol. The first-order valence-electron chi connectivity index (χ1n) is 4.80. The van der Waals surface area contributed by atoms with Gasteiger partial charge in [-0.05, 0) is 34.4 Å². The molecule has 0 aliphatic carbocycles. The van der Waals surface area contributed by atoms with Crippen molar-refractivity contribution in [1.29, 1.82) is 0 Å². The number of hydrogen-bond acceptors (Lipinski definition) is 5. The molecule has 0 spiro atoms. The van der Waals surface area contributed by atoms with Crippen LogP contribution in [0.2, 0.25) is 0 Å². The Morgan fingerprint density at radius 1 is 1.62 bits per heavy atom. The molecule has 0 fully saturated rings. The summed E-state index contributed by atoms with van der Waals surface area (Å²) < 4.78 is 6.70. The van der Waals surface area contributed by atoms with E-state index in [4.69, 9.17) is 5.73 Å². The standard InChI is InChI=1S/C9H12BrN5S/c1-5-9(10)7(15(2)13-5)3-6(11)8-4-12-14-16-8/h4,6H,3,11H2,1-2H3. The Labute approximate surface area is 106 Å². The summed E-state index contributed by atoms with van der Waals surface area (Å²) in [5.41, 5.74) is 8.16. The summed E-state index contributed by atoms with van der Waals surface area (Å²) >= 11 is 4.86. The van der Waals surface area contributed by atoms with Crippen molar-refractivity contribution >= 4 is 27.5 Å². The van der Waals surface area contributed by atoms with Crippen molar-refractivity contribution in [3.05, 3.63) is 26.9 Å². The molecule has 0 saturated carbocycles. The smallest absolute Gasteiger partial charge is 0.0738 e. The summed E-state index contributed by atoms with van der Waals surface area (Å²) in [6, 6.07) is -0.0777. The van der Waals surface area contributed by atoms with Crippen LogP contribution in [0.1, 0.15) is 22.3 Å². The van der Waals surface area contributed by atoms with Crippen LogP contribution < -0.4 is 5.73 Å². The van der Waals surface area contributed by atoms with Crippen LogP contribution in [-0.2, 0) is 13.5 Å². The van der Waals surface area contributed by atoms with Gasteiger partial charge in [0.1, 0.15) is 0 Å². The summed E-state index contributed by atoms with van der Waals surface area (Å²) in [6.45, 7) is 1.97. The molecule has 2 aromatic rings. The summed E-state index contributed by atoms with van der Waals surface area (Å²) in [7, 11) is 1.92. The lowest BCUT2D eigenvalue weighted by Gasteiger charge is -2.09. The first-order chi connectivity index (χ1) is 7.59. The Morgan fingerprint density at radius 3 is 2.88 bits per heavy atom. The van der Waals surface area contributed by atoms with E-state index >= 15 is 0 Å². The maximum Gasteiger partial charge on any atom is 0.0738 e. The maximum atomic E-state index is 6.09. The van der Waals surface area contributed by atoms with Crippen LogP contribution in [0.15, 0.2) is 10.7 Å². The molecule has 7 heteroatoms. The highest BCUT2D eigenvalue weighted by molar-refractivity contribution is 9.10. The molecule has 5 nitrogen and oxygen atoms in total. The van der Waals surface area contributed by atoms with Gasteiger partial charge in [0.2, 0.25) is 0 Å². The summed E-state index contributed by atoms with van der Waals surface area (Å²) in [5.74, 6) is 0. The van der Waals surface area contributed by atoms with E-state index in [2.05, 4.69) is 30.6 Å². The lowest BCUT2D eigenvalue weighted by atomic mass is 10.1. The average Bonchev–Trinajstić information content (AvgIpc) is 2.83. The monoisotopic (exact) mass is 301 g/mol. The number of halogens is 1. The van der Waals surface area contributed by atoms with Gasteiger partial charge in [0.25, 0.3) is 0 Å². The van der Waals surface area contributed by atoms with Gasteiger partial charge in [0.05, 0.1) is 26.9 Å². The largest absolute Gasteiger partial charge is 0.323 e. The second-order valence-electron chi connectivity index (χ2n) is 3.60. The van der Waals surface area contributed by atoms with Crippen molar-refractivity contribution < 1.29 is 0 Å². The van der Waals surface area contributed by atoms with Crippen LogP contribution in [0.3, 0.4) is 0 Å². The normalized spacial score (nSPS) is 13.0. The summed E-state index contributed by atoms with van der Waals surface area (Å²) in [6.07, 6.45) is 2.44. The lowest BCUT2D eigenvalue weighted by Crippen LogP contribution is -2.14. The highest BCUT2D eigenvalue weighted by atomic mass is 79.9. The van der Waals surface area contributed by atoms with Gasteiger partial charge in [0, 0.05) is 19.5 Å². The summed E-state index contributed by atoms with van der Waals surface area (Å²) in [5, 5.41) is 8.12. The Balaban J connectivity index is 2.21. The van der Waals surface area contributed by atoms with Gasteiger partial charge in [0.15, 0.2) is 0 Å². The fourth-order valence-electron chi connectivity index (χ4n) is 1.55. The molecule has 0 saturated heterocycles. The molecule has 2 heterocycles. The second-order valence-corrected chi connectivity index (χ2v) is 5.21. The van der Waals surface area contributed by atoms with Crippen molar-refractivity contribution in [1.82, 2.24) is 19.4 Å². The predicted molar refractivity (Wildman–Crippen MR) is 66.2 cm³/mol. The molecule has 1 unspecified atom stereocenters. The third kappa shape index (κ3) is 2.16. The molecule has 2 aromatic heterocycles. The number of aromatic nitrogens is 4. The zero-order valence-corrected chi connectivity index (χ0v) is 11.4. The SMILES string of the molecule is Cc1nn(C)c(CC(N)c2cnns2)c1Br. The third-order valence-corrected chi connectivity index (χ3v) is 4.25. The highest BCUT2D eigenvalue weighted by Gasteiger charge is 2.16. The van der Waals surface area contributed by atoms with E-state index in [1.165, 1.54) is 11.5 Å². The molecule has 2 rings (SSSR count). The van der Waals surface area contributed by atoms with Crippen LogP contribution in [0.25, 0.3) is 0 Å². The maximum absolute atomic E-state index is 6.09. The lowest BCUT2D eigenvalue weighted by molar-refractivity contribution is 0.643. The molecule has 0 aliphatic heterocycles. The van der Waals surface area contributed by atoms with E-state index in [1.807, 2.05) is 18.7 Å². The van der Waals surface area contributed by atoms with Crippen molar-refractivity contribution in [3.8, 4) is 0 Å². The Morgan fingerprint density at radius 2 is 2.38 bits per heavy atom. The van der Waals surface area contributed by atoms with Crippen LogP contribution in [0.5, 0.6) is 0 Å². The highest BCUT2D eigenvalue weighted by Crippen LogP contribution is 2.25. The molecule has 0 radical (unpaired) electrons. The molecule has 0 aliphatic rings. The van der Waals surface area contributed by atoms with Crippen LogP contribution in [-0.4, -0.2) is 19.4 Å². The van der Waals surface area contributed by atoms with Gasteiger partial charge in [-0.15, -0.1) is 5.10 Å². The number of nitrogens with two attached hydrogens (primary N) is 1. The minimum Gasteiger partial charge on any atom is -0.323 e. The molecule has 2 N–H and O–H groups in total. The molecular formula is C9H12BrN5S. The van der Waals surface area contributed by atoms with E-state index < -0.39 is 0 Å². The topological polar surface area (TPSA) is 69.6 Å². The third-order valence-electron chi connectivity index (χ3n) is 2.42. The van der Waals surface area contributed by atoms with Gasteiger partial charge in [-0.3, -0.25) is 4.68 Å². The van der Waals surface area contributed by atoms with Crippen LogP contribution >= 0.6 is 27.5 Å². The zero-order valence-electron chi connectivity index (χ0n) is 9.01. The second kappa shape index (κ2) is 4.60. The molecule has 0 amide bonds. The van der Waals surface area contributed by atoms with Crippen molar-refractivity contribution in [2.45, 2.75) is 19.4 Å². The van der Waals surface area contributed by atoms with Gasteiger partial charge in [-0.1, -0.05) is 4.49 Å². The van der Waals surface area contributed by atoms with E-state index in [9.17, 15) is 0 Å². The Bertz CT molecular complexity index is 478. The van der Waals surface area contributed by atoms with E-state index in [0.717, 1.165) is 27.2 Å². The summed E-state index contributed by atoms with van der Waals surface area (Å²) in [4.78, 5) is 0.991. The van der Waals surface area contributed by atoms with E-state index in [0.29, 0.717) is 0 Å². The van der Waals surface area contributed by atoms with Gasteiger partial charge < -0.3 is 5.73 Å². The van der Waals surface area contributed by atoms with Gasteiger partial charge in [-0.25, -0.2) is 0 Å². The zero-order chi connectivity index (χ0) is 11.7. The molecule has 0 aromatic carbocycles. The first-order valence-corrected chi connectivity index (χ1v) is 6.37. The van der Waals surface area contributed by atoms with Gasteiger partial charge >= 0.3 is 0 Å². The van der Waals surface area contributed by atoms with Crippen molar-refractivity contribution in [3.63, 3.8) is 0 Å². The van der Waals surface area contributed by atoms with E-state index in [1.54, 1.807) is 6.20 Å². The minimum atomic E-state index is -0.0777. The molecule has 0 bridgehead atoms. The molecule has 86 valence electrons. The molecule has 1 atom stereocenters. The number of rotatable bonds is 3. The average molecular weight is 302 g/mol. The van der Waals surface area contributed by atoms with Crippen LogP contribution in [0, 0.1) is 6.92 Å². The molecule has 16 heavy (non-hydrogen) atoms. The quantitative estimate of drug-likeness (QED) is 0.934. The van der Waals surface area contributed by atoms with Crippen molar-refractivity contribution in [2.75, 3.05) is 0 Å². The fraction of sp³-hybridized carbons (Fsp3) is 0.444. The Kier molecular flexibility index (Phi) is 3.36.